The van der Waals surface area contributed by atoms with E-state index in [0.29, 0.717) is 15.8 Å². The molecule has 0 amide bonds. The standard InChI is InChI=1S/2C10H15.C6H14O2.2C3H9P.2CO.2F6P.2Fe/c2*1-6-7(2)9(4)10(5)8(6)3;1-7-5-3-4-6-8-2;2*1-4(2)3;2*1-2;2*1-7(2,3,4,5)6;;/h2*1-5H3;3-6H2,1-2H3;2*1-3H3;;;;;;/q;;;;;;;2*-1;2*+2. The van der Waals surface area contributed by atoms with Gasteiger partial charge in [0.25, 0.3) is 0 Å². The molecule has 0 aromatic rings. The zero-order valence-corrected chi connectivity index (χ0v) is 41.3. The number of halogens is 12. The zero-order chi connectivity index (χ0) is 46.0. The second-order valence-corrected chi connectivity index (χ2v) is 21.7. The van der Waals surface area contributed by atoms with Crippen LogP contribution in [0.25, 0.3) is 0 Å². The van der Waals surface area contributed by atoms with Gasteiger partial charge in [0.05, 0.1) is 0 Å². The first-order chi connectivity index (χ1) is 23.4. The molecule has 2 rings (SSSR count). The van der Waals surface area contributed by atoms with Crippen molar-refractivity contribution in [2.45, 2.75) is 82.1 Å². The maximum absolute atomic E-state index is 10.7. The summed E-state index contributed by atoms with van der Waals surface area (Å²) in [6, 6.07) is 0. The summed E-state index contributed by atoms with van der Waals surface area (Å²) in [6.45, 7) is 46.1. The summed E-state index contributed by atoms with van der Waals surface area (Å²) in [5, 5.41) is 0. The monoisotopic (exact) mass is 998 g/mol. The number of ether oxygens (including phenoxy) is 2. The maximum atomic E-state index is 9.87. The molecule has 0 unspecified atom stereocenters. The Morgan fingerprint density at radius 2 is 0.446 bits per heavy atom. The molecular weight excluding hydrogens is 936 g/mol. The van der Waals surface area contributed by atoms with Crippen LogP contribution in [0.2, 0.25) is 0 Å². The van der Waals surface area contributed by atoms with Gasteiger partial charge in [0.2, 0.25) is 0 Å². The average Bonchev–Trinajstić information content (AvgIpc) is 3.24. The Kier molecular flexibility index (Phi) is 44.6. The van der Waals surface area contributed by atoms with Gasteiger partial charge in [-0.2, -0.15) is 0 Å². The molecule has 0 atom stereocenters. The Balaban J connectivity index is -0.0000000657. The number of rotatable bonds is 5. The predicted octanol–water partition coefficient (Wildman–Crippen LogP) is 16.4. The van der Waals surface area contributed by atoms with Crippen molar-refractivity contribution in [3.63, 3.8) is 0 Å². The normalized spacial score (nSPS) is 18.7. The fourth-order valence-electron chi connectivity index (χ4n) is 3.31. The van der Waals surface area contributed by atoms with Gasteiger partial charge in [0, 0.05) is 27.4 Å². The minimum Gasteiger partial charge on any atom is 2.00 e. The predicted molar refractivity (Wildman–Crippen MR) is 207 cm³/mol. The van der Waals surface area contributed by atoms with Crippen LogP contribution in [0.15, 0.2) is 0 Å². The molecule has 22 heteroatoms. The molecule has 0 aromatic carbocycles. The molecule has 2 aliphatic carbocycles. The molecule has 0 N–H and O–H groups in total. The van der Waals surface area contributed by atoms with Gasteiger partial charge in [0.1, 0.15) is 0 Å². The van der Waals surface area contributed by atoms with Gasteiger partial charge in [-0.25, -0.2) is 0 Å². The molecule has 0 aromatic heterocycles. The van der Waals surface area contributed by atoms with E-state index in [-0.39, 0.29) is 34.1 Å². The number of methoxy groups -OCH3 is 2. The van der Waals surface area contributed by atoms with E-state index in [2.05, 4.69) is 123 Å². The number of hydrogen-bond acceptors (Lipinski definition) is 2. The summed E-state index contributed by atoms with van der Waals surface area (Å²) in [4.78, 5) is 0. The van der Waals surface area contributed by atoms with Crippen LogP contribution in [0.3, 0.4) is 0 Å². The van der Waals surface area contributed by atoms with Crippen molar-refractivity contribution in [1.82, 2.24) is 0 Å². The van der Waals surface area contributed by atoms with Crippen LogP contribution in [0, 0.1) is 72.5 Å². The maximum Gasteiger partial charge on any atom is 2.00 e. The summed E-state index contributed by atoms with van der Waals surface area (Å²) in [7, 11) is -17.1. The van der Waals surface area contributed by atoms with E-state index in [0.717, 1.165) is 26.1 Å². The summed E-state index contributed by atoms with van der Waals surface area (Å²) in [5.74, 6) is 14.7. The van der Waals surface area contributed by atoms with E-state index in [9.17, 15) is 50.4 Å². The summed E-state index contributed by atoms with van der Waals surface area (Å²) in [6.07, 6.45) is 2.20. The Labute approximate surface area is 355 Å². The van der Waals surface area contributed by atoms with Crippen molar-refractivity contribution in [3.05, 3.63) is 72.5 Å². The molecule has 2 aliphatic rings. The first kappa shape index (κ1) is 77.9. The van der Waals surface area contributed by atoms with Crippen LogP contribution < -0.4 is 0 Å². The number of unbranched alkanes of at least 4 members (excludes halogenated alkanes) is 1. The Morgan fingerprint density at radius 3 is 0.500 bits per heavy atom. The van der Waals surface area contributed by atoms with E-state index in [1.54, 1.807) is 14.2 Å². The van der Waals surface area contributed by atoms with Crippen molar-refractivity contribution in [1.29, 1.82) is 0 Å². The largest absolute Gasteiger partial charge is 2.00 e. The second-order valence-electron chi connectivity index (χ2n) is 12.5. The molecule has 0 spiro atoms. The second kappa shape index (κ2) is 32.1. The fourth-order valence-corrected chi connectivity index (χ4v) is 3.31. The van der Waals surface area contributed by atoms with Crippen molar-refractivity contribution < 1.29 is 103 Å². The van der Waals surface area contributed by atoms with Gasteiger partial charge in [-0.1, -0.05) is 69.2 Å². The molecular formula is C34H62F12Fe2O4P4+2. The molecule has 10 radical (unpaired) electrons. The first-order valence-corrected chi connectivity index (χ1v) is 24.9. The Morgan fingerprint density at radius 1 is 0.375 bits per heavy atom. The van der Waals surface area contributed by atoms with Crippen molar-refractivity contribution >= 4 is 31.5 Å². The average molecular weight is 998 g/mol. The minimum atomic E-state index is -10.7. The zero-order valence-electron chi connectivity index (χ0n) is 35.5. The van der Waals surface area contributed by atoms with Gasteiger partial charge in [0.15, 0.2) is 0 Å². The third-order valence-electron chi connectivity index (χ3n) is 6.57. The summed E-state index contributed by atoms with van der Waals surface area (Å²) < 4.78 is 143. The van der Waals surface area contributed by atoms with E-state index < -0.39 is 15.6 Å². The molecule has 340 valence electrons. The quantitative estimate of drug-likeness (QED) is 0.0688. The topological polar surface area (TPSA) is 58.3 Å². The van der Waals surface area contributed by atoms with Gasteiger partial charge >= 0.3 is 123 Å². The van der Waals surface area contributed by atoms with Crippen LogP contribution in [0.5, 0.6) is 0 Å². The smallest absolute Gasteiger partial charge is 2.00 e. The van der Waals surface area contributed by atoms with Crippen molar-refractivity contribution in [2.24, 2.45) is 0 Å². The van der Waals surface area contributed by atoms with E-state index in [4.69, 9.17) is 18.8 Å². The van der Waals surface area contributed by atoms with E-state index in [1.807, 2.05) is 0 Å². The van der Waals surface area contributed by atoms with Gasteiger partial charge in [-0.15, -0.1) is 15.8 Å². The molecule has 2 fully saturated rings. The van der Waals surface area contributed by atoms with Gasteiger partial charge in [-0.3, -0.25) is 0 Å². The van der Waals surface area contributed by atoms with Crippen LogP contribution >= 0.6 is 31.5 Å². The number of hydrogen-bond donors (Lipinski definition) is 0. The minimum absolute atomic E-state index is 0. The Hall–Kier alpha value is 1.32. The van der Waals surface area contributed by atoms with Crippen LogP contribution in [0.1, 0.15) is 82.1 Å². The van der Waals surface area contributed by atoms with Crippen LogP contribution in [0.4, 0.5) is 50.4 Å². The molecule has 4 nitrogen and oxygen atoms in total. The van der Waals surface area contributed by atoms with Crippen molar-refractivity contribution in [2.75, 3.05) is 67.4 Å². The fraction of sp³-hybridized carbons (Fsp3) is 0.647. The molecule has 0 heterocycles. The summed E-state index contributed by atoms with van der Waals surface area (Å²) >= 11 is 0. The van der Waals surface area contributed by atoms with Crippen molar-refractivity contribution in [3.8, 4) is 0 Å². The molecule has 56 heavy (non-hydrogen) atoms. The SMILES string of the molecule is COCCCCOC.CP(C)C.CP(C)C.C[C]1[C](C)[C](C)[C](C)[C]1C.C[C]1[C](C)[C](C)[C](C)[C]1C.F[P-](F)(F)(F)(F)F.F[P-](F)(F)(F)(F)F.[C-]#[O+].[C-]#[O+].[Fe+2].[Fe+2]. The first-order valence-electron chi connectivity index (χ1n) is 15.5. The Bertz CT molecular complexity index is 768. The van der Waals surface area contributed by atoms with Gasteiger partial charge in [-0.05, 0) is 112 Å². The third kappa shape index (κ3) is 76.1. The molecule has 0 saturated heterocycles. The molecule has 2 saturated carbocycles. The molecule has 0 bridgehead atoms. The van der Waals surface area contributed by atoms with Gasteiger partial charge < -0.3 is 9.47 Å². The van der Waals surface area contributed by atoms with Crippen LogP contribution in [-0.2, 0) is 52.9 Å². The van der Waals surface area contributed by atoms with E-state index >= 15 is 0 Å². The molecule has 0 aliphatic heterocycles. The van der Waals surface area contributed by atoms with E-state index in [1.165, 1.54) is 59.2 Å². The third-order valence-corrected chi connectivity index (χ3v) is 6.57. The van der Waals surface area contributed by atoms with Crippen LogP contribution in [-0.4, -0.2) is 67.4 Å². The summed E-state index contributed by atoms with van der Waals surface area (Å²) in [5.41, 5.74) is 0.